The highest BCUT2D eigenvalue weighted by Gasteiger charge is 2.53. The fourth-order valence-corrected chi connectivity index (χ4v) is 6.99. The van der Waals surface area contributed by atoms with Gasteiger partial charge in [0.25, 0.3) is 0 Å². The van der Waals surface area contributed by atoms with Gasteiger partial charge in [0.1, 0.15) is 6.04 Å². The zero-order valence-corrected chi connectivity index (χ0v) is 16.9. The summed E-state index contributed by atoms with van der Waals surface area (Å²) in [7, 11) is 1.76. The molecule has 3 rings (SSSR count). The quantitative estimate of drug-likeness (QED) is 0.492. The van der Waals surface area contributed by atoms with Crippen LogP contribution in [-0.2, 0) is 14.3 Å². The second kappa shape index (κ2) is 9.58. The molecule has 3 aliphatic rings. The Morgan fingerprint density at radius 1 is 1.26 bits per heavy atom. The van der Waals surface area contributed by atoms with E-state index in [-0.39, 0.29) is 41.0 Å². The third-order valence-electron chi connectivity index (χ3n) is 6.42. The summed E-state index contributed by atoms with van der Waals surface area (Å²) in [5.74, 6) is -0.374. The van der Waals surface area contributed by atoms with E-state index in [4.69, 9.17) is 15.6 Å². The first kappa shape index (κ1) is 20.9. The summed E-state index contributed by atoms with van der Waals surface area (Å²) in [6.45, 7) is 0.890. The number of hydrogen-bond donors (Lipinski definition) is 4. The van der Waals surface area contributed by atoms with E-state index in [1.165, 1.54) is 38.5 Å². The van der Waals surface area contributed by atoms with Crippen LogP contribution in [0.4, 0.5) is 0 Å². The van der Waals surface area contributed by atoms with Crippen LogP contribution in [-0.4, -0.2) is 65.9 Å². The minimum absolute atomic E-state index is 0.0287. The predicted molar refractivity (Wildman–Crippen MR) is 106 cm³/mol. The van der Waals surface area contributed by atoms with Gasteiger partial charge >= 0.3 is 5.97 Å². The second-order valence-electron chi connectivity index (χ2n) is 8.08. The number of carboxylic acid groups (broad SMARTS) is 1. The summed E-state index contributed by atoms with van der Waals surface area (Å²) in [5, 5.41) is 15.5. The largest absolute Gasteiger partial charge is 0.480 e. The molecule has 0 aromatic rings. The third kappa shape index (κ3) is 4.78. The van der Waals surface area contributed by atoms with Crippen LogP contribution in [0.15, 0.2) is 0 Å². The Bertz CT molecular complexity index is 527. The smallest absolute Gasteiger partial charge is 0.322 e. The van der Waals surface area contributed by atoms with E-state index in [0.29, 0.717) is 5.92 Å². The molecule has 1 amide bonds. The van der Waals surface area contributed by atoms with Crippen LogP contribution >= 0.6 is 11.8 Å². The first-order valence-electron chi connectivity index (χ1n) is 10.2. The molecule has 2 aliphatic heterocycles. The van der Waals surface area contributed by atoms with Gasteiger partial charge in [-0.1, -0.05) is 38.5 Å². The van der Waals surface area contributed by atoms with Crippen molar-refractivity contribution in [2.24, 2.45) is 17.6 Å². The molecule has 3 fully saturated rings. The van der Waals surface area contributed by atoms with Crippen LogP contribution in [0.3, 0.4) is 0 Å². The molecule has 5 unspecified atom stereocenters. The standard InChI is InChI=1S/C19H33N3O4S/c1-26-13-8-9-21-15-14(11-6-4-2-3-5-7-11)17(27-16(13)15)18(23)22-10-12(20)19(24)25/h11-17,21H,2-10,20H2,1H3,(H,22,23)(H,24,25)/t12-,13?,14?,15?,16?,17?/m1/s1. The minimum Gasteiger partial charge on any atom is -0.480 e. The van der Waals surface area contributed by atoms with Gasteiger partial charge in [0.2, 0.25) is 5.91 Å². The SMILES string of the molecule is COC1CCNC2C1SC(C(=O)NC[C@@H](N)C(=O)O)C2C1CCCCCC1. The predicted octanol–water partition coefficient (Wildman–Crippen LogP) is 0.962. The maximum absolute atomic E-state index is 13.0. The van der Waals surface area contributed by atoms with Gasteiger partial charge in [0, 0.05) is 24.9 Å². The van der Waals surface area contributed by atoms with Crippen LogP contribution < -0.4 is 16.4 Å². The molecular formula is C19H33N3O4S. The average molecular weight is 400 g/mol. The number of fused-ring (bicyclic) bond motifs is 1. The Kier molecular flexibility index (Phi) is 7.42. The summed E-state index contributed by atoms with van der Waals surface area (Å²) in [6, 6.07) is -0.787. The van der Waals surface area contributed by atoms with Gasteiger partial charge in [0.15, 0.2) is 0 Å². The zero-order chi connectivity index (χ0) is 19.4. The number of ether oxygens (including phenoxy) is 1. The number of amides is 1. The minimum atomic E-state index is -1.09. The van der Waals surface area contributed by atoms with Crippen molar-refractivity contribution in [3.8, 4) is 0 Å². The molecule has 0 aromatic heterocycles. The number of nitrogens with two attached hydrogens (primary N) is 1. The van der Waals surface area contributed by atoms with Gasteiger partial charge in [-0.25, -0.2) is 0 Å². The molecule has 5 N–H and O–H groups in total. The first-order valence-corrected chi connectivity index (χ1v) is 11.1. The molecular weight excluding hydrogens is 366 g/mol. The fourth-order valence-electron chi connectivity index (χ4n) is 5.00. The van der Waals surface area contributed by atoms with E-state index in [2.05, 4.69) is 10.6 Å². The molecule has 1 aliphatic carbocycles. The molecule has 2 heterocycles. The van der Waals surface area contributed by atoms with Gasteiger partial charge in [-0.15, -0.1) is 11.8 Å². The molecule has 0 aromatic carbocycles. The Balaban J connectivity index is 1.76. The summed E-state index contributed by atoms with van der Waals surface area (Å²) in [6.07, 6.45) is 8.49. The van der Waals surface area contributed by atoms with Crippen molar-refractivity contribution in [3.05, 3.63) is 0 Å². The van der Waals surface area contributed by atoms with Crippen molar-refractivity contribution in [2.75, 3.05) is 20.2 Å². The van der Waals surface area contributed by atoms with Crippen molar-refractivity contribution in [2.45, 2.75) is 73.6 Å². The average Bonchev–Trinajstić information content (AvgIpc) is 2.86. The van der Waals surface area contributed by atoms with E-state index in [1.807, 2.05) is 0 Å². The lowest BCUT2D eigenvalue weighted by Gasteiger charge is -2.38. The van der Waals surface area contributed by atoms with Gasteiger partial charge in [-0.05, 0) is 24.8 Å². The van der Waals surface area contributed by atoms with Crippen LogP contribution in [0.25, 0.3) is 0 Å². The number of aliphatic carboxylic acids is 1. The van der Waals surface area contributed by atoms with Crippen molar-refractivity contribution in [3.63, 3.8) is 0 Å². The van der Waals surface area contributed by atoms with E-state index in [1.54, 1.807) is 18.9 Å². The van der Waals surface area contributed by atoms with Gasteiger partial charge in [0.05, 0.1) is 11.4 Å². The van der Waals surface area contributed by atoms with Crippen LogP contribution in [0, 0.1) is 11.8 Å². The number of methoxy groups -OCH3 is 1. The lowest BCUT2D eigenvalue weighted by atomic mass is 9.76. The number of carbonyl (C=O) groups excluding carboxylic acids is 1. The summed E-state index contributed by atoms with van der Waals surface area (Å²) >= 11 is 1.72. The van der Waals surface area contributed by atoms with E-state index in [9.17, 15) is 9.59 Å². The lowest BCUT2D eigenvalue weighted by molar-refractivity contribution is -0.138. The topological polar surface area (TPSA) is 114 Å². The Morgan fingerprint density at radius 2 is 1.96 bits per heavy atom. The summed E-state index contributed by atoms with van der Waals surface area (Å²) in [5.41, 5.74) is 5.57. The van der Waals surface area contributed by atoms with Crippen LogP contribution in [0.5, 0.6) is 0 Å². The Hall–Kier alpha value is -0.830. The first-order chi connectivity index (χ1) is 13.0. The van der Waals surface area contributed by atoms with Gasteiger partial charge in [-0.3, -0.25) is 9.59 Å². The molecule has 0 bridgehead atoms. The number of hydrogen-bond acceptors (Lipinski definition) is 6. The number of thioether (sulfide) groups is 1. The molecule has 8 heteroatoms. The van der Waals surface area contributed by atoms with Gasteiger partial charge < -0.3 is 26.2 Å². The van der Waals surface area contributed by atoms with Gasteiger partial charge in [-0.2, -0.15) is 0 Å². The van der Waals surface area contributed by atoms with Crippen molar-refractivity contribution < 1.29 is 19.4 Å². The monoisotopic (exact) mass is 399 g/mol. The normalized spacial score (nSPS) is 35.9. The second-order valence-corrected chi connectivity index (χ2v) is 9.41. The molecule has 154 valence electrons. The highest BCUT2D eigenvalue weighted by atomic mass is 32.2. The maximum Gasteiger partial charge on any atom is 0.322 e. The molecule has 27 heavy (non-hydrogen) atoms. The number of piperidine rings is 1. The summed E-state index contributed by atoms with van der Waals surface area (Å²) < 4.78 is 5.73. The zero-order valence-electron chi connectivity index (χ0n) is 16.1. The number of rotatable bonds is 6. The van der Waals surface area contributed by atoms with Crippen molar-refractivity contribution in [1.29, 1.82) is 0 Å². The number of carboxylic acids is 1. The third-order valence-corrected chi connectivity index (χ3v) is 8.15. The van der Waals surface area contributed by atoms with E-state index < -0.39 is 12.0 Å². The lowest BCUT2D eigenvalue weighted by Crippen LogP contribution is -2.54. The number of carbonyl (C=O) groups is 2. The highest BCUT2D eigenvalue weighted by Crippen LogP contribution is 2.49. The van der Waals surface area contributed by atoms with Crippen molar-refractivity contribution >= 4 is 23.6 Å². The highest BCUT2D eigenvalue weighted by molar-refractivity contribution is 8.01. The Morgan fingerprint density at radius 3 is 2.59 bits per heavy atom. The molecule has 6 atom stereocenters. The Labute approximate surface area is 165 Å². The molecule has 1 saturated carbocycles. The number of nitrogens with one attached hydrogen (secondary N) is 2. The van der Waals surface area contributed by atoms with E-state index in [0.717, 1.165) is 13.0 Å². The molecule has 0 radical (unpaired) electrons. The molecule has 2 saturated heterocycles. The fraction of sp³-hybridized carbons (Fsp3) is 0.895. The molecule has 0 spiro atoms. The van der Waals surface area contributed by atoms with E-state index >= 15 is 0 Å². The van der Waals surface area contributed by atoms with Crippen LogP contribution in [0.2, 0.25) is 0 Å². The van der Waals surface area contributed by atoms with Crippen LogP contribution in [0.1, 0.15) is 44.9 Å². The van der Waals surface area contributed by atoms with Crippen molar-refractivity contribution in [1.82, 2.24) is 10.6 Å². The molecule has 7 nitrogen and oxygen atoms in total. The summed E-state index contributed by atoms with van der Waals surface area (Å²) in [4.78, 5) is 24.0. The maximum atomic E-state index is 13.0.